The number of nitrogens with zero attached hydrogens (tertiary/aromatic N) is 3. The van der Waals surface area contributed by atoms with Crippen LogP contribution in [0.2, 0.25) is 0 Å². The predicted molar refractivity (Wildman–Crippen MR) is 142 cm³/mol. The number of nitrogens with one attached hydrogen (secondary N) is 1. The van der Waals surface area contributed by atoms with Crippen molar-refractivity contribution >= 4 is 17.6 Å². The van der Waals surface area contributed by atoms with Gasteiger partial charge in [-0.05, 0) is 38.3 Å². The molecule has 0 saturated heterocycles. The van der Waals surface area contributed by atoms with Gasteiger partial charge in [-0.25, -0.2) is 0 Å². The largest absolute Gasteiger partial charge is 0.493 e. The fourth-order valence-electron chi connectivity index (χ4n) is 5.15. The van der Waals surface area contributed by atoms with Crippen molar-refractivity contribution in [1.29, 1.82) is 0 Å². The molecule has 0 unspecified atom stereocenters. The van der Waals surface area contributed by atoms with Gasteiger partial charge >= 0.3 is 0 Å². The second-order valence-electron chi connectivity index (χ2n) is 10.6. The summed E-state index contributed by atoms with van der Waals surface area (Å²) in [4.78, 5) is 28.3. The molecule has 10 heteroatoms. The standard InChI is InChI=1S/C28H38N4O6/c1-28(2,35)18-31-14-13-24(30-31)29-27(34)21(15-19-9-6-5-7-10-19)32-17-20(16-25(32)33)38-23-12-8-11-22(36-3)26(23)37-4/h8,11-14,16,19,21,35H,5-7,9-10,15,17-18H2,1-4H3,(H,29,30,34)/t21-/m0/s1. The van der Waals surface area contributed by atoms with Crippen LogP contribution >= 0.6 is 0 Å². The van der Waals surface area contributed by atoms with Crippen molar-refractivity contribution < 1.29 is 28.9 Å². The zero-order chi connectivity index (χ0) is 27.3. The molecule has 1 fully saturated rings. The van der Waals surface area contributed by atoms with E-state index in [1.807, 2.05) is 0 Å². The summed E-state index contributed by atoms with van der Waals surface area (Å²) in [6.45, 7) is 3.84. The van der Waals surface area contributed by atoms with Gasteiger partial charge in [0.15, 0.2) is 17.3 Å². The topological polar surface area (TPSA) is 115 Å². The van der Waals surface area contributed by atoms with Gasteiger partial charge in [-0.3, -0.25) is 14.3 Å². The van der Waals surface area contributed by atoms with Gasteiger partial charge in [-0.1, -0.05) is 38.2 Å². The van der Waals surface area contributed by atoms with Crippen LogP contribution in [0.4, 0.5) is 5.82 Å². The fraction of sp³-hybridized carbons (Fsp3) is 0.536. The quantitative estimate of drug-likeness (QED) is 0.458. The molecule has 1 aliphatic heterocycles. The van der Waals surface area contributed by atoms with Gasteiger partial charge in [0.2, 0.25) is 11.7 Å². The van der Waals surface area contributed by atoms with E-state index in [1.165, 1.54) is 19.6 Å². The molecule has 4 rings (SSSR count). The fourth-order valence-corrected chi connectivity index (χ4v) is 5.15. The van der Waals surface area contributed by atoms with Crippen LogP contribution < -0.4 is 19.5 Å². The van der Waals surface area contributed by atoms with Gasteiger partial charge in [0.1, 0.15) is 11.8 Å². The zero-order valence-electron chi connectivity index (χ0n) is 22.6. The number of carbonyl (C=O) groups is 2. The number of methoxy groups -OCH3 is 2. The first-order valence-electron chi connectivity index (χ1n) is 13.1. The van der Waals surface area contributed by atoms with Crippen LogP contribution in [-0.4, -0.2) is 64.0 Å². The van der Waals surface area contributed by atoms with E-state index in [0.29, 0.717) is 41.2 Å². The first-order chi connectivity index (χ1) is 18.2. The molecule has 0 bridgehead atoms. The minimum Gasteiger partial charge on any atom is -0.493 e. The number of amides is 2. The van der Waals surface area contributed by atoms with Crippen molar-refractivity contribution in [3.8, 4) is 17.2 Å². The van der Waals surface area contributed by atoms with Crippen molar-refractivity contribution in [2.45, 2.75) is 70.6 Å². The summed E-state index contributed by atoms with van der Waals surface area (Å²) >= 11 is 0. The minimum atomic E-state index is -0.938. The molecule has 2 heterocycles. The van der Waals surface area contributed by atoms with Crippen molar-refractivity contribution in [2.75, 3.05) is 26.1 Å². The summed E-state index contributed by atoms with van der Waals surface area (Å²) in [5, 5.41) is 17.3. The van der Waals surface area contributed by atoms with Crippen LogP contribution in [0.15, 0.2) is 42.3 Å². The Morgan fingerprint density at radius 1 is 1.16 bits per heavy atom. The number of anilines is 1. The van der Waals surface area contributed by atoms with E-state index in [1.54, 1.807) is 61.0 Å². The van der Waals surface area contributed by atoms with E-state index >= 15 is 0 Å². The minimum absolute atomic E-state index is 0.164. The van der Waals surface area contributed by atoms with Crippen LogP contribution in [-0.2, 0) is 16.1 Å². The van der Waals surface area contributed by atoms with Gasteiger partial charge in [0, 0.05) is 18.3 Å². The highest BCUT2D eigenvalue weighted by Crippen LogP contribution is 2.38. The summed E-state index contributed by atoms with van der Waals surface area (Å²) in [6.07, 6.45) is 9.28. The van der Waals surface area contributed by atoms with Crippen LogP contribution in [0.3, 0.4) is 0 Å². The molecule has 10 nitrogen and oxygen atoms in total. The van der Waals surface area contributed by atoms with E-state index in [-0.39, 0.29) is 24.9 Å². The SMILES string of the molecule is COc1cccc(OC2=CC(=O)N([C@@H](CC3CCCCC3)C(=O)Nc3ccn(CC(C)(C)O)n3)C2)c1OC. The van der Waals surface area contributed by atoms with E-state index in [4.69, 9.17) is 14.2 Å². The molecule has 1 saturated carbocycles. The Morgan fingerprint density at radius 3 is 2.58 bits per heavy atom. The average molecular weight is 527 g/mol. The Balaban J connectivity index is 1.50. The second kappa shape index (κ2) is 11.9. The average Bonchev–Trinajstić information content (AvgIpc) is 3.46. The molecule has 1 aliphatic carbocycles. The molecule has 1 aromatic carbocycles. The summed E-state index contributed by atoms with van der Waals surface area (Å²) in [5.41, 5.74) is -0.938. The smallest absolute Gasteiger partial charge is 0.251 e. The van der Waals surface area contributed by atoms with Crippen LogP contribution in [0, 0.1) is 5.92 Å². The Kier molecular flexibility index (Phi) is 8.61. The van der Waals surface area contributed by atoms with Gasteiger partial charge in [0.25, 0.3) is 5.91 Å². The van der Waals surface area contributed by atoms with Gasteiger partial charge in [0.05, 0.1) is 32.9 Å². The van der Waals surface area contributed by atoms with E-state index in [2.05, 4.69) is 10.4 Å². The highest BCUT2D eigenvalue weighted by atomic mass is 16.5. The molecule has 1 atom stereocenters. The third kappa shape index (κ3) is 6.86. The summed E-state index contributed by atoms with van der Waals surface area (Å²) < 4.78 is 18.4. The molecule has 38 heavy (non-hydrogen) atoms. The van der Waals surface area contributed by atoms with Gasteiger partial charge in [-0.2, -0.15) is 5.10 Å². The van der Waals surface area contributed by atoms with Gasteiger partial charge < -0.3 is 29.5 Å². The molecule has 2 aliphatic rings. The molecule has 0 spiro atoms. The molecule has 0 radical (unpaired) electrons. The normalized spacial score (nSPS) is 17.2. The molecule has 2 amide bonds. The summed E-state index contributed by atoms with van der Waals surface area (Å²) in [5.74, 6) is 1.99. The third-order valence-corrected chi connectivity index (χ3v) is 6.90. The van der Waals surface area contributed by atoms with Crippen LogP contribution in [0.25, 0.3) is 0 Å². The number of aromatic nitrogens is 2. The first kappa shape index (κ1) is 27.5. The van der Waals surface area contributed by atoms with Gasteiger partial charge in [-0.15, -0.1) is 0 Å². The van der Waals surface area contributed by atoms with Crippen molar-refractivity contribution in [3.05, 3.63) is 42.3 Å². The number of ether oxygens (including phenoxy) is 3. The van der Waals surface area contributed by atoms with Crippen LogP contribution in [0.5, 0.6) is 17.2 Å². The predicted octanol–water partition coefficient (Wildman–Crippen LogP) is 3.75. The second-order valence-corrected chi connectivity index (χ2v) is 10.6. The number of benzene rings is 1. The maximum absolute atomic E-state index is 13.6. The van der Waals surface area contributed by atoms with E-state index in [0.717, 1.165) is 25.7 Å². The van der Waals surface area contributed by atoms with E-state index < -0.39 is 11.6 Å². The number of para-hydroxylation sites is 1. The summed E-state index contributed by atoms with van der Waals surface area (Å²) in [7, 11) is 3.07. The maximum Gasteiger partial charge on any atom is 0.251 e. The molecular formula is C28H38N4O6. The molecule has 2 N–H and O–H groups in total. The lowest BCUT2D eigenvalue weighted by atomic mass is 9.84. The Hall–Kier alpha value is -3.53. The van der Waals surface area contributed by atoms with Crippen molar-refractivity contribution in [2.24, 2.45) is 5.92 Å². The number of hydrogen-bond donors (Lipinski definition) is 2. The monoisotopic (exact) mass is 526 g/mol. The number of carbonyl (C=O) groups excluding carboxylic acids is 2. The molecular weight excluding hydrogens is 488 g/mol. The zero-order valence-corrected chi connectivity index (χ0v) is 22.6. The summed E-state index contributed by atoms with van der Waals surface area (Å²) in [6, 6.07) is 6.30. The Bertz CT molecular complexity index is 1160. The highest BCUT2D eigenvalue weighted by Gasteiger charge is 2.36. The Morgan fingerprint density at radius 2 is 1.89 bits per heavy atom. The Labute approximate surface area is 223 Å². The number of rotatable bonds is 11. The lowest BCUT2D eigenvalue weighted by molar-refractivity contribution is -0.134. The maximum atomic E-state index is 13.6. The number of hydrogen-bond acceptors (Lipinski definition) is 7. The van der Waals surface area contributed by atoms with Crippen LogP contribution in [0.1, 0.15) is 52.4 Å². The third-order valence-electron chi connectivity index (χ3n) is 6.90. The number of aliphatic hydroxyl groups is 1. The highest BCUT2D eigenvalue weighted by molar-refractivity contribution is 5.99. The van der Waals surface area contributed by atoms with E-state index in [9.17, 15) is 14.7 Å². The lowest BCUT2D eigenvalue weighted by Gasteiger charge is -2.31. The molecule has 1 aromatic heterocycles. The molecule has 206 valence electrons. The molecule has 2 aromatic rings. The van der Waals surface area contributed by atoms with Crippen molar-refractivity contribution in [1.82, 2.24) is 14.7 Å². The lowest BCUT2D eigenvalue weighted by Crippen LogP contribution is -2.46. The van der Waals surface area contributed by atoms with Crippen molar-refractivity contribution in [3.63, 3.8) is 0 Å². The first-order valence-corrected chi connectivity index (χ1v) is 13.1.